The molecule has 45 heavy (non-hydrogen) atoms. The van der Waals surface area contributed by atoms with Gasteiger partial charge >= 0.3 is 0 Å². The smallest absolute Gasteiger partial charge is 0.182 e. The quantitative estimate of drug-likeness (QED) is 0.190. The predicted molar refractivity (Wildman–Crippen MR) is 180 cm³/mol. The first-order valence-electron chi connectivity index (χ1n) is 14.8. The van der Waals surface area contributed by atoms with Crippen LogP contribution in [-0.2, 0) is 0 Å². The van der Waals surface area contributed by atoms with Crippen molar-refractivity contribution in [2.24, 2.45) is 0 Å². The molecule has 4 heterocycles. The van der Waals surface area contributed by atoms with E-state index >= 15 is 0 Å². The van der Waals surface area contributed by atoms with Crippen LogP contribution in [0.2, 0.25) is 0 Å². The Balaban J connectivity index is 1.28. The largest absolute Gasteiger partial charge is 0.253 e. The van der Waals surface area contributed by atoms with Gasteiger partial charge in [0.25, 0.3) is 0 Å². The van der Waals surface area contributed by atoms with Gasteiger partial charge in [-0.1, -0.05) is 109 Å². The minimum absolute atomic E-state index is 0.533. The summed E-state index contributed by atoms with van der Waals surface area (Å²) in [7, 11) is 0. The van der Waals surface area contributed by atoms with E-state index in [0.717, 1.165) is 61.0 Å². The highest BCUT2D eigenvalue weighted by atomic mass is 15.0. The van der Waals surface area contributed by atoms with Crippen molar-refractivity contribution >= 4 is 21.8 Å². The van der Waals surface area contributed by atoms with Crippen molar-refractivity contribution in [3.05, 3.63) is 145 Å². The zero-order valence-corrected chi connectivity index (χ0v) is 24.5. The van der Waals surface area contributed by atoms with Crippen LogP contribution in [0.25, 0.3) is 78.5 Å². The second kappa shape index (κ2) is 11.2. The Hall–Kier alpha value is -6.14. The fourth-order valence-corrected chi connectivity index (χ4v) is 5.59. The Bertz CT molecular complexity index is 2250. The second-order valence-corrected chi connectivity index (χ2v) is 10.9. The van der Waals surface area contributed by atoms with E-state index in [4.69, 9.17) is 24.9 Å². The molecule has 6 nitrogen and oxygen atoms in total. The number of rotatable bonds is 5. The van der Waals surface area contributed by atoms with Gasteiger partial charge in [-0.05, 0) is 42.3 Å². The van der Waals surface area contributed by atoms with Crippen molar-refractivity contribution in [1.82, 2.24) is 29.9 Å². The Labute approximate surface area is 260 Å². The van der Waals surface area contributed by atoms with Gasteiger partial charge in [0, 0.05) is 39.4 Å². The summed E-state index contributed by atoms with van der Waals surface area (Å²) >= 11 is 0. The zero-order chi connectivity index (χ0) is 30.2. The van der Waals surface area contributed by atoms with Gasteiger partial charge in [-0.2, -0.15) is 0 Å². The molecule has 0 amide bonds. The molecule has 8 aromatic rings. The average molecular weight is 579 g/mol. The van der Waals surface area contributed by atoms with Crippen LogP contribution in [0.5, 0.6) is 0 Å². The third kappa shape index (κ3) is 5.08. The summed E-state index contributed by atoms with van der Waals surface area (Å²) in [5.74, 6) is 1.73. The lowest BCUT2D eigenvalue weighted by atomic mass is 9.96. The number of hydrogen-bond donors (Lipinski definition) is 0. The zero-order valence-electron chi connectivity index (χ0n) is 24.5. The standard InChI is InChI=1S/C39H26N6/c1-25-15-16-28-21-22-31-32(24-34(27-10-4-2-5-11-27)42-36(31)35(28)41-25)26-17-19-30(20-18-26)38-43-37(29-12-6-3-7-13-29)44-39(45-38)33-14-8-9-23-40-33/h2-24H,1H3. The van der Waals surface area contributed by atoms with Crippen molar-refractivity contribution in [3.63, 3.8) is 0 Å². The van der Waals surface area contributed by atoms with Gasteiger partial charge in [-0.15, -0.1) is 0 Å². The van der Waals surface area contributed by atoms with E-state index in [0.29, 0.717) is 23.2 Å². The lowest BCUT2D eigenvalue weighted by molar-refractivity contribution is 1.06. The third-order valence-corrected chi connectivity index (χ3v) is 7.86. The molecular formula is C39H26N6. The summed E-state index contributed by atoms with van der Waals surface area (Å²) in [4.78, 5) is 29.0. The van der Waals surface area contributed by atoms with E-state index in [2.05, 4.69) is 65.6 Å². The molecule has 0 unspecified atom stereocenters. The summed E-state index contributed by atoms with van der Waals surface area (Å²) in [6.45, 7) is 2.02. The van der Waals surface area contributed by atoms with Crippen LogP contribution < -0.4 is 0 Å². The molecule has 8 rings (SSSR count). The minimum Gasteiger partial charge on any atom is -0.253 e. The predicted octanol–water partition coefficient (Wildman–Crippen LogP) is 9.01. The van der Waals surface area contributed by atoms with E-state index in [1.807, 2.05) is 79.7 Å². The van der Waals surface area contributed by atoms with E-state index in [1.54, 1.807) is 6.20 Å². The molecule has 4 aromatic heterocycles. The highest BCUT2D eigenvalue weighted by Gasteiger charge is 2.16. The SMILES string of the molecule is Cc1ccc2ccc3c(-c4ccc(-c5nc(-c6ccccc6)nc(-c6ccccn6)n5)cc4)cc(-c4ccccc4)nc3c2n1. The summed E-state index contributed by atoms with van der Waals surface area (Å²) in [6, 6.07) is 45.0. The molecule has 4 aromatic carbocycles. The fourth-order valence-electron chi connectivity index (χ4n) is 5.59. The molecule has 0 bridgehead atoms. The van der Waals surface area contributed by atoms with Gasteiger partial charge in [-0.25, -0.2) is 19.9 Å². The lowest BCUT2D eigenvalue weighted by Crippen LogP contribution is -2.01. The van der Waals surface area contributed by atoms with Crippen molar-refractivity contribution in [3.8, 4) is 56.7 Å². The molecule has 0 spiro atoms. The summed E-state index contributed by atoms with van der Waals surface area (Å²) < 4.78 is 0. The monoisotopic (exact) mass is 578 g/mol. The van der Waals surface area contributed by atoms with Gasteiger partial charge in [0.1, 0.15) is 5.69 Å². The second-order valence-electron chi connectivity index (χ2n) is 10.9. The van der Waals surface area contributed by atoms with Gasteiger partial charge < -0.3 is 0 Å². The highest BCUT2D eigenvalue weighted by Crippen LogP contribution is 2.36. The molecule has 212 valence electrons. The number of hydrogen-bond acceptors (Lipinski definition) is 6. The van der Waals surface area contributed by atoms with Gasteiger partial charge in [0.05, 0.1) is 16.7 Å². The molecular weight excluding hydrogens is 552 g/mol. The van der Waals surface area contributed by atoms with E-state index in [-0.39, 0.29) is 0 Å². The molecule has 0 aliphatic heterocycles. The van der Waals surface area contributed by atoms with Crippen LogP contribution in [0, 0.1) is 6.92 Å². The molecule has 0 saturated heterocycles. The maximum atomic E-state index is 5.15. The average Bonchev–Trinajstić information content (AvgIpc) is 3.12. The van der Waals surface area contributed by atoms with E-state index < -0.39 is 0 Å². The summed E-state index contributed by atoms with van der Waals surface area (Å²) in [5.41, 5.74) is 9.38. The number of nitrogens with zero attached hydrogens (tertiary/aromatic N) is 6. The Morgan fingerprint density at radius 3 is 1.76 bits per heavy atom. The highest BCUT2D eigenvalue weighted by molar-refractivity contribution is 6.09. The van der Waals surface area contributed by atoms with Crippen LogP contribution in [-0.4, -0.2) is 29.9 Å². The number of benzene rings is 4. The van der Waals surface area contributed by atoms with Gasteiger partial charge in [-0.3, -0.25) is 9.97 Å². The van der Waals surface area contributed by atoms with Gasteiger partial charge in [0.15, 0.2) is 17.5 Å². The molecule has 0 saturated carbocycles. The Morgan fingerprint density at radius 1 is 0.422 bits per heavy atom. The van der Waals surface area contributed by atoms with E-state index in [9.17, 15) is 0 Å². The number of aromatic nitrogens is 6. The first-order valence-corrected chi connectivity index (χ1v) is 14.8. The summed E-state index contributed by atoms with van der Waals surface area (Å²) in [5, 5.41) is 2.12. The molecule has 0 aliphatic carbocycles. The van der Waals surface area contributed by atoms with E-state index in [1.165, 1.54) is 0 Å². The number of fused-ring (bicyclic) bond motifs is 3. The van der Waals surface area contributed by atoms with Crippen LogP contribution in [0.3, 0.4) is 0 Å². The van der Waals surface area contributed by atoms with Crippen LogP contribution in [0.1, 0.15) is 5.69 Å². The molecule has 0 aliphatic rings. The topological polar surface area (TPSA) is 77.3 Å². The molecule has 0 N–H and O–H groups in total. The maximum Gasteiger partial charge on any atom is 0.182 e. The fraction of sp³-hybridized carbons (Fsp3) is 0.0256. The Kier molecular flexibility index (Phi) is 6.57. The van der Waals surface area contributed by atoms with Crippen LogP contribution >= 0.6 is 0 Å². The third-order valence-electron chi connectivity index (χ3n) is 7.86. The van der Waals surface area contributed by atoms with Crippen LogP contribution in [0.4, 0.5) is 0 Å². The van der Waals surface area contributed by atoms with Gasteiger partial charge in [0.2, 0.25) is 0 Å². The Morgan fingerprint density at radius 2 is 1.04 bits per heavy atom. The summed E-state index contributed by atoms with van der Waals surface area (Å²) in [6.07, 6.45) is 1.75. The maximum absolute atomic E-state index is 5.15. The van der Waals surface area contributed by atoms with Crippen molar-refractivity contribution < 1.29 is 0 Å². The molecule has 0 atom stereocenters. The normalized spacial score (nSPS) is 11.2. The van der Waals surface area contributed by atoms with Crippen molar-refractivity contribution in [1.29, 1.82) is 0 Å². The number of pyridine rings is 3. The number of aryl methyl sites for hydroxylation is 1. The minimum atomic E-state index is 0.533. The molecule has 0 fully saturated rings. The molecule has 6 heteroatoms. The van der Waals surface area contributed by atoms with Crippen molar-refractivity contribution in [2.75, 3.05) is 0 Å². The lowest BCUT2D eigenvalue weighted by Gasteiger charge is -2.13. The first-order chi connectivity index (χ1) is 22.2. The molecule has 0 radical (unpaired) electrons. The van der Waals surface area contributed by atoms with Crippen LogP contribution in [0.15, 0.2) is 140 Å². The first kappa shape index (κ1) is 26.5. The van der Waals surface area contributed by atoms with Crippen molar-refractivity contribution in [2.45, 2.75) is 6.92 Å².